The highest BCUT2D eigenvalue weighted by Gasteiger charge is 2.29. The van der Waals surface area contributed by atoms with Crippen molar-refractivity contribution in [3.05, 3.63) is 94.0 Å². The Kier molecular flexibility index (Phi) is 8.97. The molecule has 4 rings (SSSR count). The van der Waals surface area contributed by atoms with Crippen molar-refractivity contribution in [2.24, 2.45) is 5.73 Å². The van der Waals surface area contributed by atoms with Gasteiger partial charge in [0, 0.05) is 41.0 Å². The lowest BCUT2D eigenvalue weighted by Gasteiger charge is -2.36. The van der Waals surface area contributed by atoms with Gasteiger partial charge in [0.25, 0.3) is 5.91 Å². The molecular weight excluding hydrogens is 512 g/mol. The molecule has 1 saturated carbocycles. The van der Waals surface area contributed by atoms with Crippen LogP contribution in [0.15, 0.2) is 60.7 Å². The summed E-state index contributed by atoms with van der Waals surface area (Å²) in [5.74, 6) is -1.64. The number of anilines is 1. The van der Waals surface area contributed by atoms with Crippen molar-refractivity contribution in [1.82, 2.24) is 4.90 Å². The third kappa shape index (κ3) is 7.08. The maximum Gasteiger partial charge on any atom is 0.254 e. The highest BCUT2D eigenvalue weighted by atomic mass is 35.5. The van der Waals surface area contributed by atoms with Gasteiger partial charge in [0.1, 0.15) is 17.4 Å². The predicted molar refractivity (Wildman–Crippen MR) is 143 cm³/mol. The molecule has 2 amide bonds. The van der Waals surface area contributed by atoms with E-state index in [9.17, 15) is 18.4 Å². The lowest BCUT2D eigenvalue weighted by atomic mass is 9.90. The number of methoxy groups -OCH3 is 1. The van der Waals surface area contributed by atoms with Crippen LogP contribution in [-0.2, 0) is 17.8 Å². The zero-order valence-corrected chi connectivity index (χ0v) is 21.8. The molecule has 0 aliphatic heterocycles. The monoisotopic (exact) mass is 541 g/mol. The topological polar surface area (TPSA) is 84.7 Å². The quantitative estimate of drug-likeness (QED) is 0.382. The maximum atomic E-state index is 13.9. The van der Waals surface area contributed by atoms with Crippen molar-refractivity contribution < 1.29 is 23.1 Å². The number of halogens is 3. The summed E-state index contributed by atoms with van der Waals surface area (Å²) in [6, 6.07) is 15.0. The molecule has 1 fully saturated rings. The summed E-state index contributed by atoms with van der Waals surface area (Å²) in [6.45, 7) is 0.109. The van der Waals surface area contributed by atoms with E-state index in [-0.39, 0.29) is 36.5 Å². The van der Waals surface area contributed by atoms with Crippen LogP contribution in [0.4, 0.5) is 14.5 Å². The second kappa shape index (κ2) is 12.4. The third-order valence-electron chi connectivity index (χ3n) is 6.75. The Hall–Kier alpha value is -3.49. The number of nitrogens with two attached hydrogens (primary N) is 1. The number of carbonyl (C=O) groups excluding carboxylic acids is 2. The smallest absolute Gasteiger partial charge is 0.254 e. The summed E-state index contributed by atoms with van der Waals surface area (Å²) >= 11 is 6.50. The molecule has 6 nitrogen and oxygen atoms in total. The number of hydrogen-bond donors (Lipinski definition) is 2. The predicted octanol–water partition coefficient (Wildman–Crippen LogP) is 5.72. The third-order valence-corrected chi connectivity index (χ3v) is 7.12. The van der Waals surface area contributed by atoms with E-state index >= 15 is 0 Å². The summed E-state index contributed by atoms with van der Waals surface area (Å²) in [5.41, 5.74) is 7.95. The van der Waals surface area contributed by atoms with Crippen molar-refractivity contribution in [3.8, 4) is 5.75 Å². The summed E-state index contributed by atoms with van der Waals surface area (Å²) in [5, 5.41) is 3.28. The highest BCUT2D eigenvalue weighted by molar-refractivity contribution is 6.31. The van der Waals surface area contributed by atoms with Crippen LogP contribution in [0.25, 0.3) is 0 Å². The molecule has 0 atom stereocenters. The zero-order chi connectivity index (χ0) is 27.2. The van der Waals surface area contributed by atoms with E-state index in [2.05, 4.69) is 5.32 Å². The minimum Gasteiger partial charge on any atom is -0.497 e. The molecule has 3 aromatic rings. The van der Waals surface area contributed by atoms with Crippen molar-refractivity contribution in [2.45, 2.75) is 50.7 Å². The SMILES string of the molecule is COc1ccc(CC(=O)Nc2ccc(Cl)c(CN(C(=O)c3cc(F)cc(F)c3)C3CCC(N)CC3)c2)cc1. The Morgan fingerprint density at radius 2 is 1.66 bits per heavy atom. The zero-order valence-electron chi connectivity index (χ0n) is 21.1. The summed E-state index contributed by atoms with van der Waals surface area (Å²) in [6.07, 6.45) is 2.98. The fraction of sp³-hybridized carbons (Fsp3) is 0.310. The first-order valence-electron chi connectivity index (χ1n) is 12.5. The van der Waals surface area contributed by atoms with E-state index in [4.69, 9.17) is 22.1 Å². The first-order valence-corrected chi connectivity index (χ1v) is 12.8. The molecule has 0 radical (unpaired) electrons. The van der Waals surface area contributed by atoms with E-state index in [0.29, 0.717) is 34.9 Å². The Morgan fingerprint density at radius 3 is 2.29 bits per heavy atom. The van der Waals surface area contributed by atoms with E-state index in [1.807, 2.05) is 12.1 Å². The number of carbonyl (C=O) groups is 2. The average Bonchev–Trinajstić information content (AvgIpc) is 2.89. The molecule has 0 unspecified atom stereocenters. The molecular formula is C29H30ClF2N3O3. The van der Waals surface area contributed by atoms with E-state index in [1.165, 1.54) is 0 Å². The van der Waals surface area contributed by atoms with Crippen LogP contribution >= 0.6 is 11.6 Å². The van der Waals surface area contributed by atoms with E-state index in [1.54, 1.807) is 42.3 Å². The number of hydrogen-bond acceptors (Lipinski definition) is 4. The molecule has 3 N–H and O–H groups in total. The summed E-state index contributed by atoms with van der Waals surface area (Å²) < 4.78 is 33.0. The number of nitrogens with zero attached hydrogens (tertiary/aromatic N) is 1. The summed E-state index contributed by atoms with van der Waals surface area (Å²) in [4.78, 5) is 27.8. The number of amides is 2. The van der Waals surface area contributed by atoms with Crippen molar-refractivity contribution in [1.29, 1.82) is 0 Å². The van der Waals surface area contributed by atoms with Gasteiger partial charge in [-0.1, -0.05) is 23.7 Å². The second-order valence-corrected chi connectivity index (χ2v) is 9.95. The standard InChI is InChI=1S/C29H30ClF2N3O3/c1-38-26-9-2-18(3-10-26)12-28(36)34-24-6-11-27(30)20(15-24)17-35(25-7-4-23(33)5-8-25)29(37)19-13-21(31)16-22(32)14-19/h2-3,6,9-11,13-16,23,25H,4-5,7-8,12,17,33H2,1H3,(H,34,36). The molecule has 1 aliphatic carbocycles. The van der Waals surface area contributed by atoms with Gasteiger partial charge >= 0.3 is 0 Å². The molecule has 0 aromatic heterocycles. The highest BCUT2D eigenvalue weighted by Crippen LogP contribution is 2.29. The molecule has 9 heteroatoms. The normalized spacial score (nSPS) is 17.1. The van der Waals surface area contributed by atoms with Crippen molar-refractivity contribution >= 4 is 29.1 Å². The van der Waals surface area contributed by atoms with Crippen LogP contribution in [0.1, 0.15) is 47.2 Å². The van der Waals surface area contributed by atoms with Crippen LogP contribution in [0, 0.1) is 11.6 Å². The fourth-order valence-electron chi connectivity index (χ4n) is 4.71. The molecule has 200 valence electrons. The second-order valence-electron chi connectivity index (χ2n) is 9.54. The largest absolute Gasteiger partial charge is 0.497 e. The van der Waals surface area contributed by atoms with E-state index < -0.39 is 17.5 Å². The lowest BCUT2D eigenvalue weighted by molar-refractivity contribution is -0.115. The first kappa shape index (κ1) is 27.5. The molecule has 38 heavy (non-hydrogen) atoms. The minimum absolute atomic E-state index is 0.0580. The number of nitrogens with one attached hydrogen (secondary N) is 1. The van der Waals surface area contributed by atoms with Gasteiger partial charge in [-0.3, -0.25) is 9.59 Å². The Morgan fingerprint density at radius 1 is 1.00 bits per heavy atom. The van der Waals surface area contributed by atoms with Gasteiger partial charge in [-0.25, -0.2) is 8.78 Å². The average molecular weight is 542 g/mol. The van der Waals surface area contributed by atoms with Gasteiger partial charge < -0.3 is 20.7 Å². The Balaban J connectivity index is 1.54. The van der Waals surface area contributed by atoms with Crippen LogP contribution in [0.3, 0.4) is 0 Å². The first-order chi connectivity index (χ1) is 18.2. The van der Waals surface area contributed by atoms with Crippen LogP contribution < -0.4 is 15.8 Å². The summed E-state index contributed by atoms with van der Waals surface area (Å²) in [7, 11) is 1.58. The molecule has 3 aromatic carbocycles. The Bertz CT molecular complexity index is 1270. The van der Waals surface area contributed by atoms with Gasteiger partial charge in [-0.15, -0.1) is 0 Å². The minimum atomic E-state index is -0.821. The van der Waals surface area contributed by atoms with Crippen molar-refractivity contribution in [2.75, 3.05) is 12.4 Å². The van der Waals surface area contributed by atoms with Gasteiger partial charge in [-0.05, 0) is 79.3 Å². The van der Waals surface area contributed by atoms with Crippen LogP contribution in [-0.4, -0.2) is 35.9 Å². The maximum absolute atomic E-state index is 13.9. The number of benzene rings is 3. The van der Waals surface area contributed by atoms with Gasteiger partial charge in [0.15, 0.2) is 0 Å². The molecule has 0 bridgehead atoms. The van der Waals surface area contributed by atoms with Crippen molar-refractivity contribution in [3.63, 3.8) is 0 Å². The fourth-order valence-corrected chi connectivity index (χ4v) is 4.89. The molecule has 0 heterocycles. The van der Waals surface area contributed by atoms with E-state index in [0.717, 1.165) is 36.6 Å². The number of rotatable bonds is 8. The number of ether oxygens (including phenoxy) is 1. The van der Waals surface area contributed by atoms with Gasteiger partial charge in [-0.2, -0.15) is 0 Å². The van der Waals surface area contributed by atoms with Gasteiger partial charge in [0.05, 0.1) is 13.5 Å². The molecule has 1 aliphatic rings. The lowest BCUT2D eigenvalue weighted by Crippen LogP contribution is -2.44. The van der Waals surface area contributed by atoms with Crippen LogP contribution in [0.2, 0.25) is 5.02 Å². The van der Waals surface area contributed by atoms with Gasteiger partial charge in [0.2, 0.25) is 5.91 Å². The molecule has 0 spiro atoms. The van der Waals surface area contributed by atoms with Crippen LogP contribution in [0.5, 0.6) is 5.75 Å². The Labute approximate surface area is 225 Å². The molecule has 0 saturated heterocycles.